The molecule has 4 heteroatoms. The Kier molecular flexibility index (Phi) is 5.29. The minimum atomic E-state index is -1.03. The van der Waals surface area contributed by atoms with Gasteiger partial charge in [-0.3, -0.25) is 9.59 Å². The Bertz CT molecular complexity index is 265. The van der Waals surface area contributed by atoms with E-state index < -0.39 is 5.97 Å². The fourth-order valence-electron chi connectivity index (χ4n) is 0.890. The second kappa shape index (κ2) is 5.96. The van der Waals surface area contributed by atoms with E-state index in [-0.39, 0.29) is 19.0 Å². The zero-order valence-electron chi connectivity index (χ0n) is 8.49. The number of hydrogen-bond acceptors (Lipinski definition) is 2. The maximum atomic E-state index is 11.4. The van der Waals surface area contributed by atoms with Crippen molar-refractivity contribution < 1.29 is 14.7 Å². The van der Waals surface area contributed by atoms with Crippen molar-refractivity contribution in [1.29, 1.82) is 0 Å². The average molecular weight is 197 g/mol. The fraction of sp³-hybridized carbons (Fsp3) is 0.400. The van der Waals surface area contributed by atoms with Crippen LogP contribution < -0.4 is 0 Å². The maximum Gasteiger partial charge on any atom is 0.323 e. The summed E-state index contributed by atoms with van der Waals surface area (Å²) in [7, 11) is 0. The van der Waals surface area contributed by atoms with Crippen LogP contribution in [0, 0.1) is 0 Å². The van der Waals surface area contributed by atoms with Gasteiger partial charge in [0.1, 0.15) is 6.54 Å². The molecule has 0 saturated carbocycles. The number of carbonyl (C=O) groups excluding carboxylic acids is 1. The second-order valence-corrected chi connectivity index (χ2v) is 3.12. The van der Waals surface area contributed by atoms with Gasteiger partial charge in [-0.05, 0) is 13.8 Å². The molecule has 0 atom stereocenters. The van der Waals surface area contributed by atoms with Gasteiger partial charge in [0.25, 0.3) is 0 Å². The molecule has 1 N–H and O–H groups in total. The van der Waals surface area contributed by atoms with Crippen LogP contribution in [0.3, 0.4) is 0 Å². The van der Waals surface area contributed by atoms with Crippen LogP contribution in [0.5, 0.6) is 0 Å². The highest BCUT2D eigenvalue weighted by molar-refractivity contribution is 5.90. The van der Waals surface area contributed by atoms with Crippen molar-refractivity contribution in [3.63, 3.8) is 0 Å². The van der Waals surface area contributed by atoms with E-state index in [4.69, 9.17) is 5.11 Å². The highest BCUT2D eigenvalue weighted by atomic mass is 16.4. The average Bonchev–Trinajstić information content (AvgIpc) is 2.01. The van der Waals surface area contributed by atoms with E-state index >= 15 is 0 Å². The molecule has 0 spiro atoms. The summed E-state index contributed by atoms with van der Waals surface area (Å²) >= 11 is 0. The van der Waals surface area contributed by atoms with Crippen molar-refractivity contribution in [3.8, 4) is 0 Å². The second-order valence-electron chi connectivity index (χ2n) is 3.12. The molecule has 0 aromatic heterocycles. The van der Waals surface area contributed by atoms with Crippen molar-refractivity contribution >= 4 is 11.9 Å². The highest BCUT2D eigenvalue weighted by Crippen LogP contribution is 1.96. The number of allylic oxidation sites excluding steroid dienone is 1. The molecular weight excluding hydrogens is 182 g/mol. The summed E-state index contributed by atoms with van der Waals surface area (Å²) in [6, 6.07) is 0. The Labute approximate surface area is 83.5 Å². The number of carbonyl (C=O) groups is 2. The Morgan fingerprint density at radius 3 is 2.36 bits per heavy atom. The third-order valence-corrected chi connectivity index (χ3v) is 1.40. The van der Waals surface area contributed by atoms with E-state index in [0.29, 0.717) is 0 Å². The third kappa shape index (κ3) is 5.13. The predicted octanol–water partition coefficient (Wildman–Crippen LogP) is 1.05. The van der Waals surface area contributed by atoms with Crippen LogP contribution in [0.15, 0.2) is 24.3 Å². The maximum absolute atomic E-state index is 11.4. The summed E-state index contributed by atoms with van der Waals surface area (Å²) in [6.45, 7) is 6.97. The summed E-state index contributed by atoms with van der Waals surface area (Å²) in [4.78, 5) is 23.1. The zero-order valence-corrected chi connectivity index (χ0v) is 8.49. The van der Waals surface area contributed by atoms with Crippen LogP contribution in [-0.4, -0.2) is 35.0 Å². The molecule has 14 heavy (non-hydrogen) atoms. The van der Waals surface area contributed by atoms with Crippen molar-refractivity contribution in [2.75, 3.05) is 13.1 Å². The van der Waals surface area contributed by atoms with Gasteiger partial charge in [0.2, 0.25) is 5.91 Å². The van der Waals surface area contributed by atoms with Gasteiger partial charge < -0.3 is 10.0 Å². The Hall–Kier alpha value is -1.58. The predicted molar refractivity (Wildman–Crippen MR) is 53.8 cm³/mol. The van der Waals surface area contributed by atoms with E-state index in [0.717, 1.165) is 5.57 Å². The van der Waals surface area contributed by atoms with Gasteiger partial charge in [-0.15, -0.1) is 6.58 Å². The molecule has 0 radical (unpaired) electrons. The molecule has 0 fully saturated rings. The summed E-state index contributed by atoms with van der Waals surface area (Å²) in [5.41, 5.74) is 0.842. The lowest BCUT2D eigenvalue weighted by molar-refractivity contribution is -0.142. The first kappa shape index (κ1) is 12.4. The lowest BCUT2D eigenvalue weighted by Crippen LogP contribution is -2.34. The van der Waals surface area contributed by atoms with Gasteiger partial charge in [-0.2, -0.15) is 0 Å². The number of rotatable bonds is 5. The van der Waals surface area contributed by atoms with Gasteiger partial charge in [0, 0.05) is 12.6 Å². The van der Waals surface area contributed by atoms with E-state index in [2.05, 4.69) is 6.58 Å². The molecule has 0 aromatic carbocycles. The minimum Gasteiger partial charge on any atom is -0.480 e. The molecule has 0 rings (SSSR count). The van der Waals surface area contributed by atoms with E-state index in [1.54, 1.807) is 13.8 Å². The molecule has 78 valence electrons. The van der Waals surface area contributed by atoms with Crippen molar-refractivity contribution in [2.45, 2.75) is 13.8 Å². The summed E-state index contributed by atoms with van der Waals surface area (Å²) < 4.78 is 0. The van der Waals surface area contributed by atoms with Crippen LogP contribution in [-0.2, 0) is 9.59 Å². The molecule has 4 nitrogen and oxygen atoms in total. The Morgan fingerprint density at radius 2 is 2.00 bits per heavy atom. The van der Waals surface area contributed by atoms with Crippen LogP contribution >= 0.6 is 0 Å². The van der Waals surface area contributed by atoms with Crippen molar-refractivity contribution in [1.82, 2.24) is 4.90 Å². The lowest BCUT2D eigenvalue weighted by atomic mass is 10.3. The molecule has 1 amide bonds. The summed E-state index contributed by atoms with van der Waals surface area (Å²) in [5, 5.41) is 8.54. The molecule has 0 heterocycles. The van der Waals surface area contributed by atoms with Gasteiger partial charge >= 0.3 is 5.97 Å². The number of nitrogens with zero attached hydrogens (tertiary/aromatic N) is 1. The minimum absolute atomic E-state index is 0.245. The van der Waals surface area contributed by atoms with Crippen LogP contribution in [0.4, 0.5) is 0 Å². The first-order chi connectivity index (χ1) is 6.47. The summed E-state index contributed by atoms with van der Waals surface area (Å²) in [5.74, 6) is -1.32. The molecule has 0 aliphatic rings. The first-order valence-electron chi connectivity index (χ1n) is 4.24. The number of carboxylic acids is 1. The third-order valence-electron chi connectivity index (χ3n) is 1.40. The number of amides is 1. The normalized spacial score (nSPS) is 9.00. The van der Waals surface area contributed by atoms with Gasteiger partial charge in [-0.25, -0.2) is 0 Å². The fourth-order valence-corrected chi connectivity index (χ4v) is 0.890. The van der Waals surface area contributed by atoms with Crippen LogP contribution in [0.25, 0.3) is 0 Å². The molecule has 0 aromatic rings. The SMILES string of the molecule is C=CCN(CC(=O)O)C(=O)C=C(C)C. The summed E-state index contributed by atoms with van der Waals surface area (Å²) in [6.07, 6.45) is 2.91. The number of carboxylic acid groups (broad SMARTS) is 1. The monoisotopic (exact) mass is 197 g/mol. The molecule has 0 saturated heterocycles. The molecule has 0 bridgehead atoms. The molecular formula is C10H15NO3. The van der Waals surface area contributed by atoms with Gasteiger partial charge in [-0.1, -0.05) is 11.6 Å². The molecule has 0 aliphatic heterocycles. The van der Waals surface area contributed by atoms with Crippen molar-refractivity contribution in [2.24, 2.45) is 0 Å². The highest BCUT2D eigenvalue weighted by Gasteiger charge is 2.12. The largest absolute Gasteiger partial charge is 0.480 e. The number of hydrogen-bond donors (Lipinski definition) is 1. The van der Waals surface area contributed by atoms with Gasteiger partial charge in [0.05, 0.1) is 0 Å². The Balaban J connectivity index is 4.47. The van der Waals surface area contributed by atoms with Gasteiger partial charge in [0.15, 0.2) is 0 Å². The van der Waals surface area contributed by atoms with E-state index in [1.165, 1.54) is 17.1 Å². The quantitative estimate of drug-likeness (QED) is 0.529. The Morgan fingerprint density at radius 1 is 1.43 bits per heavy atom. The molecule has 0 unspecified atom stereocenters. The number of aliphatic carboxylic acids is 1. The van der Waals surface area contributed by atoms with E-state index in [1.807, 2.05) is 0 Å². The van der Waals surface area contributed by atoms with Crippen LogP contribution in [0.2, 0.25) is 0 Å². The smallest absolute Gasteiger partial charge is 0.323 e. The van der Waals surface area contributed by atoms with E-state index in [9.17, 15) is 9.59 Å². The zero-order chi connectivity index (χ0) is 11.1. The standard InChI is InChI=1S/C10H15NO3/c1-4-5-11(7-10(13)14)9(12)6-8(2)3/h4,6H,1,5,7H2,2-3H3,(H,13,14). The topological polar surface area (TPSA) is 57.6 Å². The van der Waals surface area contributed by atoms with Crippen molar-refractivity contribution in [3.05, 3.63) is 24.3 Å². The molecule has 0 aliphatic carbocycles. The van der Waals surface area contributed by atoms with Crippen LogP contribution in [0.1, 0.15) is 13.8 Å². The first-order valence-corrected chi connectivity index (χ1v) is 4.24. The lowest BCUT2D eigenvalue weighted by Gasteiger charge is -2.16.